The van der Waals surface area contributed by atoms with Crippen molar-refractivity contribution in [1.29, 1.82) is 0 Å². The average Bonchev–Trinajstić information content (AvgIpc) is 3.83. The molecule has 5 heterocycles. The molecule has 242 valence electrons. The van der Waals surface area contributed by atoms with Gasteiger partial charge in [0.2, 0.25) is 0 Å². The van der Waals surface area contributed by atoms with Crippen molar-refractivity contribution < 1.29 is 0 Å². The summed E-state index contributed by atoms with van der Waals surface area (Å²) in [6.45, 7) is 0. The van der Waals surface area contributed by atoms with Crippen molar-refractivity contribution in [3.8, 4) is 22.8 Å². The summed E-state index contributed by atoms with van der Waals surface area (Å²) < 4.78 is 4.95. The summed E-state index contributed by atoms with van der Waals surface area (Å²) in [6.07, 6.45) is 3.80. The van der Waals surface area contributed by atoms with Crippen LogP contribution in [0, 0.1) is 0 Å². The molecule has 1 spiro atoms. The van der Waals surface area contributed by atoms with E-state index in [4.69, 9.17) is 9.97 Å². The molecule has 1 aliphatic heterocycles. The minimum Gasteiger partial charge on any atom is -0.308 e. The highest BCUT2D eigenvalue weighted by Crippen LogP contribution is 2.63. The van der Waals surface area contributed by atoms with Gasteiger partial charge in [-0.15, -0.1) is 0 Å². The van der Waals surface area contributed by atoms with Crippen molar-refractivity contribution in [2.75, 3.05) is 0 Å². The molecule has 12 rings (SSSR count). The first kappa shape index (κ1) is 28.3. The minimum absolute atomic E-state index is 0.632. The van der Waals surface area contributed by atoms with E-state index in [1.54, 1.807) is 0 Å². The number of hydrogen-bond donors (Lipinski definition) is 0. The monoisotopic (exact) mass is 680 g/mol. The molecule has 0 bridgehead atoms. The van der Waals surface area contributed by atoms with E-state index in [-0.39, 0.29) is 0 Å². The van der Waals surface area contributed by atoms with Gasteiger partial charge in [-0.25, -0.2) is 0 Å². The van der Waals surface area contributed by atoms with Gasteiger partial charge in [0.25, 0.3) is 0 Å². The topological polar surface area (TPSA) is 35.6 Å². The highest BCUT2D eigenvalue weighted by Gasteiger charge is 2.52. The highest BCUT2D eigenvalue weighted by molar-refractivity contribution is 7.99. The lowest BCUT2D eigenvalue weighted by molar-refractivity contribution is 0.714. The molecule has 10 aromatic rings. The quantitative estimate of drug-likeness (QED) is 0.182. The molecule has 0 saturated heterocycles. The smallest absolute Gasteiger partial charge is 0.0937 e. The summed E-state index contributed by atoms with van der Waals surface area (Å²) in [5, 5.41) is 5.01. The lowest BCUT2D eigenvalue weighted by Gasteiger charge is -2.40. The molecule has 0 N–H and O–H groups in total. The zero-order valence-electron chi connectivity index (χ0n) is 27.9. The van der Waals surface area contributed by atoms with Crippen LogP contribution < -0.4 is 0 Å². The standard InChI is InChI=1S/C47H28N4S/c1-5-21-37-29(13-1)30-14-2-6-22-38(30)50(37)41-25-9-17-35-45(41)52-46-36(47(35)33-19-11-27-48-43(33)44-34(47)20-12-28-49-44)18-10-26-42(46)51-39-23-7-3-15-31(39)32-16-4-8-24-40(32)51/h1-28H. The van der Waals surface area contributed by atoms with Gasteiger partial charge in [0.05, 0.1) is 50.2 Å². The van der Waals surface area contributed by atoms with Crippen molar-refractivity contribution in [3.63, 3.8) is 0 Å². The third-order valence-electron chi connectivity index (χ3n) is 11.3. The van der Waals surface area contributed by atoms with E-state index in [0.29, 0.717) is 0 Å². The molecule has 0 fully saturated rings. The second kappa shape index (κ2) is 10.3. The number of benzene rings is 6. The fourth-order valence-corrected chi connectivity index (χ4v) is 10.7. The Labute approximate surface area is 303 Å². The molecule has 0 unspecified atom stereocenters. The van der Waals surface area contributed by atoms with Crippen LogP contribution in [0.1, 0.15) is 22.3 Å². The number of hydrogen-bond acceptors (Lipinski definition) is 3. The van der Waals surface area contributed by atoms with Gasteiger partial charge in [-0.1, -0.05) is 121 Å². The summed E-state index contributed by atoms with van der Waals surface area (Å²) in [4.78, 5) is 12.5. The maximum absolute atomic E-state index is 5.02. The predicted molar refractivity (Wildman–Crippen MR) is 212 cm³/mol. The first-order valence-corrected chi connectivity index (χ1v) is 18.5. The van der Waals surface area contributed by atoms with E-state index in [1.165, 1.54) is 87.0 Å². The Kier molecular flexibility index (Phi) is 5.61. The third kappa shape index (κ3) is 3.44. The Morgan fingerprint density at radius 1 is 0.365 bits per heavy atom. The van der Waals surface area contributed by atoms with E-state index in [0.717, 1.165) is 11.4 Å². The van der Waals surface area contributed by atoms with Gasteiger partial charge in [0, 0.05) is 43.7 Å². The van der Waals surface area contributed by atoms with Gasteiger partial charge >= 0.3 is 0 Å². The average molecular weight is 681 g/mol. The van der Waals surface area contributed by atoms with Crippen LogP contribution in [0.25, 0.3) is 66.4 Å². The largest absolute Gasteiger partial charge is 0.308 e. The zero-order chi connectivity index (χ0) is 34.0. The normalized spacial score (nSPS) is 13.8. The van der Waals surface area contributed by atoms with Gasteiger partial charge in [-0.05, 0) is 70.8 Å². The second-order valence-corrected chi connectivity index (χ2v) is 14.7. The lowest BCUT2D eigenvalue weighted by Crippen LogP contribution is -2.33. The van der Waals surface area contributed by atoms with Crippen LogP contribution >= 0.6 is 11.8 Å². The van der Waals surface area contributed by atoms with Crippen molar-refractivity contribution in [1.82, 2.24) is 19.1 Å². The Hall–Kier alpha value is -6.43. The molecule has 4 nitrogen and oxygen atoms in total. The number of pyridine rings is 2. The maximum Gasteiger partial charge on any atom is 0.0937 e. The molecule has 2 aliphatic rings. The molecule has 0 radical (unpaired) electrons. The molecule has 0 atom stereocenters. The molecule has 1 aliphatic carbocycles. The Morgan fingerprint density at radius 2 is 0.731 bits per heavy atom. The summed E-state index contributed by atoms with van der Waals surface area (Å²) in [5.41, 5.74) is 13.3. The molecular formula is C47H28N4S. The molecular weight excluding hydrogens is 653 g/mol. The van der Waals surface area contributed by atoms with Crippen LogP contribution in [0.3, 0.4) is 0 Å². The zero-order valence-corrected chi connectivity index (χ0v) is 28.7. The highest BCUT2D eigenvalue weighted by atomic mass is 32.2. The summed E-state index contributed by atoms with van der Waals surface area (Å²) >= 11 is 1.89. The summed E-state index contributed by atoms with van der Waals surface area (Å²) in [6, 6.07) is 57.7. The number of fused-ring (bicyclic) bond motifs is 15. The fraction of sp³-hybridized carbons (Fsp3) is 0.0213. The second-order valence-electron chi connectivity index (χ2n) is 13.7. The van der Waals surface area contributed by atoms with Crippen molar-refractivity contribution in [3.05, 3.63) is 192 Å². The van der Waals surface area contributed by atoms with E-state index in [9.17, 15) is 0 Å². The first-order valence-electron chi connectivity index (χ1n) is 17.7. The predicted octanol–water partition coefficient (Wildman–Crippen LogP) is 11.5. The van der Waals surface area contributed by atoms with Crippen molar-refractivity contribution in [2.24, 2.45) is 0 Å². The van der Waals surface area contributed by atoms with Gasteiger partial charge in [0.1, 0.15) is 0 Å². The number of rotatable bonds is 2. The molecule has 0 amide bonds. The minimum atomic E-state index is -0.632. The Morgan fingerprint density at radius 3 is 1.13 bits per heavy atom. The molecule has 0 saturated carbocycles. The van der Waals surface area contributed by atoms with E-state index >= 15 is 0 Å². The maximum atomic E-state index is 5.02. The Balaban J connectivity index is 1.26. The van der Waals surface area contributed by atoms with Crippen LogP contribution in [0.2, 0.25) is 0 Å². The van der Waals surface area contributed by atoms with Gasteiger partial charge < -0.3 is 9.13 Å². The lowest BCUT2D eigenvalue weighted by atomic mass is 9.67. The summed E-state index contributed by atoms with van der Waals surface area (Å²) in [5.74, 6) is 0. The molecule has 6 aromatic carbocycles. The molecule has 4 aromatic heterocycles. The van der Waals surface area contributed by atoms with Crippen LogP contribution in [0.5, 0.6) is 0 Å². The Bertz CT molecular complexity index is 2810. The van der Waals surface area contributed by atoms with Crippen LogP contribution in [-0.2, 0) is 5.41 Å². The van der Waals surface area contributed by atoms with E-state index in [1.807, 2.05) is 24.2 Å². The van der Waals surface area contributed by atoms with Crippen molar-refractivity contribution >= 4 is 55.4 Å². The SMILES string of the molecule is c1cnc2c(c1)C1(c3cccnc3-2)c2cccc(-n3c4ccccc4c4ccccc43)c2Sc2c(-n3c4ccccc4c4ccccc43)cccc21. The van der Waals surface area contributed by atoms with Crippen LogP contribution in [0.4, 0.5) is 0 Å². The third-order valence-corrected chi connectivity index (χ3v) is 12.6. The summed E-state index contributed by atoms with van der Waals surface area (Å²) in [7, 11) is 0. The van der Waals surface area contributed by atoms with Gasteiger partial charge in [-0.2, -0.15) is 0 Å². The number of nitrogens with zero attached hydrogens (tertiary/aromatic N) is 4. The fourth-order valence-electron chi connectivity index (χ4n) is 9.34. The number of para-hydroxylation sites is 4. The van der Waals surface area contributed by atoms with E-state index in [2.05, 4.69) is 167 Å². The van der Waals surface area contributed by atoms with Gasteiger partial charge in [-0.3, -0.25) is 9.97 Å². The van der Waals surface area contributed by atoms with Crippen molar-refractivity contribution in [2.45, 2.75) is 15.2 Å². The van der Waals surface area contributed by atoms with Gasteiger partial charge in [0.15, 0.2) is 0 Å². The number of aromatic nitrogens is 4. The molecule has 5 heteroatoms. The van der Waals surface area contributed by atoms with Crippen LogP contribution in [-0.4, -0.2) is 19.1 Å². The van der Waals surface area contributed by atoms with Crippen LogP contribution in [0.15, 0.2) is 180 Å². The molecule has 52 heavy (non-hydrogen) atoms. The first-order chi connectivity index (χ1) is 25.8. The van der Waals surface area contributed by atoms with E-state index < -0.39 is 5.41 Å².